The van der Waals surface area contributed by atoms with E-state index in [-0.39, 0.29) is 6.04 Å². The van der Waals surface area contributed by atoms with E-state index in [1.807, 2.05) is 19.1 Å². The Morgan fingerprint density at radius 2 is 2.15 bits per heavy atom. The molecule has 0 aliphatic rings. The Hall–Kier alpha value is -1.26. The van der Waals surface area contributed by atoms with Gasteiger partial charge in [-0.25, -0.2) is 0 Å². The Morgan fingerprint density at radius 3 is 2.70 bits per heavy atom. The van der Waals surface area contributed by atoms with E-state index in [1.165, 1.54) is 11.1 Å². The van der Waals surface area contributed by atoms with E-state index in [1.54, 1.807) is 13.4 Å². The molecule has 0 radical (unpaired) electrons. The van der Waals surface area contributed by atoms with Gasteiger partial charge in [0, 0.05) is 11.6 Å². The molecule has 0 fully saturated rings. The van der Waals surface area contributed by atoms with Crippen molar-refractivity contribution in [2.75, 3.05) is 13.7 Å². The standard InChI is InChI=1S/C16H20BrNO2/c1-4-18-15(13-7-8-20-11(13)2)10-12-5-6-16(19-3)14(17)9-12/h5-9,15,18H,4,10H2,1-3H3. The topological polar surface area (TPSA) is 34.4 Å². The highest BCUT2D eigenvalue weighted by Gasteiger charge is 2.16. The first kappa shape index (κ1) is 15.1. The molecule has 0 saturated heterocycles. The molecule has 0 spiro atoms. The van der Waals surface area contributed by atoms with Crippen LogP contribution in [0.4, 0.5) is 0 Å². The second-order valence-corrected chi connectivity index (χ2v) is 5.57. The molecule has 0 bridgehead atoms. The number of furan rings is 1. The van der Waals surface area contributed by atoms with E-state index in [0.29, 0.717) is 0 Å². The van der Waals surface area contributed by atoms with E-state index < -0.39 is 0 Å². The summed E-state index contributed by atoms with van der Waals surface area (Å²) in [6.07, 6.45) is 2.66. The molecule has 1 unspecified atom stereocenters. The van der Waals surface area contributed by atoms with Crippen LogP contribution < -0.4 is 10.1 Å². The zero-order valence-corrected chi connectivity index (χ0v) is 13.7. The first-order chi connectivity index (χ1) is 9.65. The van der Waals surface area contributed by atoms with Crippen molar-refractivity contribution in [3.05, 3.63) is 51.9 Å². The molecule has 108 valence electrons. The van der Waals surface area contributed by atoms with E-state index in [9.17, 15) is 0 Å². The van der Waals surface area contributed by atoms with E-state index in [4.69, 9.17) is 9.15 Å². The van der Waals surface area contributed by atoms with Gasteiger partial charge in [0.2, 0.25) is 0 Å². The minimum Gasteiger partial charge on any atom is -0.496 e. The number of halogens is 1. The molecule has 20 heavy (non-hydrogen) atoms. The highest BCUT2D eigenvalue weighted by atomic mass is 79.9. The summed E-state index contributed by atoms with van der Waals surface area (Å²) in [7, 11) is 1.68. The average Bonchev–Trinajstić information content (AvgIpc) is 2.85. The third-order valence-electron chi connectivity index (χ3n) is 3.38. The largest absolute Gasteiger partial charge is 0.496 e. The number of methoxy groups -OCH3 is 1. The van der Waals surface area contributed by atoms with Crippen molar-refractivity contribution in [2.45, 2.75) is 26.3 Å². The summed E-state index contributed by atoms with van der Waals surface area (Å²) >= 11 is 3.54. The van der Waals surface area contributed by atoms with Crippen molar-refractivity contribution in [1.29, 1.82) is 0 Å². The number of benzene rings is 1. The van der Waals surface area contributed by atoms with Gasteiger partial charge in [-0.3, -0.25) is 0 Å². The molecule has 3 nitrogen and oxygen atoms in total. The summed E-state index contributed by atoms with van der Waals surface area (Å²) in [4.78, 5) is 0. The Morgan fingerprint density at radius 1 is 1.35 bits per heavy atom. The lowest BCUT2D eigenvalue weighted by Crippen LogP contribution is -2.23. The Labute approximate surface area is 128 Å². The maximum Gasteiger partial charge on any atom is 0.133 e. The van der Waals surface area contributed by atoms with Crippen LogP contribution in [-0.4, -0.2) is 13.7 Å². The van der Waals surface area contributed by atoms with Gasteiger partial charge >= 0.3 is 0 Å². The molecule has 1 aromatic carbocycles. The fourth-order valence-corrected chi connectivity index (χ4v) is 2.96. The minimum absolute atomic E-state index is 0.263. The van der Waals surface area contributed by atoms with Gasteiger partial charge in [-0.05, 0) is 59.6 Å². The van der Waals surface area contributed by atoms with Crippen LogP contribution in [0.15, 0.2) is 39.4 Å². The van der Waals surface area contributed by atoms with Gasteiger partial charge in [0.1, 0.15) is 11.5 Å². The van der Waals surface area contributed by atoms with Gasteiger partial charge in [-0.2, -0.15) is 0 Å². The first-order valence-electron chi connectivity index (χ1n) is 6.75. The number of aryl methyl sites for hydroxylation is 1. The second kappa shape index (κ2) is 6.95. The fourth-order valence-electron chi connectivity index (χ4n) is 2.37. The minimum atomic E-state index is 0.263. The van der Waals surface area contributed by atoms with Gasteiger partial charge in [0.25, 0.3) is 0 Å². The molecule has 1 atom stereocenters. The smallest absolute Gasteiger partial charge is 0.133 e. The number of rotatable bonds is 6. The molecule has 2 aromatic rings. The van der Waals surface area contributed by atoms with Crippen LogP contribution in [0, 0.1) is 6.92 Å². The van der Waals surface area contributed by atoms with Crippen LogP contribution >= 0.6 is 15.9 Å². The Bertz CT molecular complexity index is 565. The lowest BCUT2D eigenvalue weighted by atomic mass is 9.99. The van der Waals surface area contributed by atoms with Crippen LogP contribution in [0.2, 0.25) is 0 Å². The van der Waals surface area contributed by atoms with Crippen molar-refractivity contribution in [3.8, 4) is 5.75 Å². The van der Waals surface area contributed by atoms with Crippen LogP contribution in [0.25, 0.3) is 0 Å². The van der Waals surface area contributed by atoms with Crippen LogP contribution in [0.1, 0.15) is 29.9 Å². The molecule has 0 aliphatic heterocycles. The third-order valence-corrected chi connectivity index (χ3v) is 4.00. The summed E-state index contributed by atoms with van der Waals surface area (Å²) in [5.74, 6) is 1.83. The quantitative estimate of drug-likeness (QED) is 0.855. The van der Waals surface area contributed by atoms with Gasteiger partial charge in [-0.15, -0.1) is 0 Å². The van der Waals surface area contributed by atoms with Gasteiger partial charge < -0.3 is 14.5 Å². The van der Waals surface area contributed by atoms with Crippen molar-refractivity contribution in [1.82, 2.24) is 5.32 Å². The SMILES string of the molecule is CCNC(Cc1ccc(OC)c(Br)c1)c1ccoc1C. The number of hydrogen-bond acceptors (Lipinski definition) is 3. The monoisotopic (exact) mass is 337 g/mol. The molecule has 0 saturated carbocycles. The summed E-state index contributed by atoms with van der Waals surface area (Å²) in [5, 5.41) is 3.52. The van der Waals surface area contributed by atoms with Crippen LogP contribution in [-0.2, 0) is 6.42 Å². The highest BCUT2D eigenvalue weighted by molar-refractivity contribution is 9.10. The second-order valence-electron chi connectivity index (χ2n) is 4.72. The highest BCUT2D eigenvalue weighted by Crippen LogP contribution is 2.28. The maximum absolute atomic E-state index is 5.42. The average molecular weight is 338 g/mol. The predicted octanol–water partition coefficient (Wildman–Crippen LogP) is 4.25. The zero-order valence-electron chi connectivity index (χ0n) is 12.1. The van der Waals surface area contributed by atoms with Crippen LogP contribution in [0.3, 0.4) is 0 Å². The van der Waals surface area contributed by atoms with E-state index >= 15 is 0 Å². The molecule has 4 heteroatoms. The lowest BCUT2D eigenvalue weighted by molar-refractivity contribution is 0.412. The molecule has 1 aromatic heterocycles. The summed E-state index contributed by atoms with van der Waals surface area (Å²) < 4.78 is 11.7. The summed E-state index contributed by atoms with van der Waals surface area (Å²) in [6.45, 7) is 5.04. The molecular formula is C16H20BrNO2. The molecule has 2 rings (SSSR count). The number of nitrogens with one attached hydrogen (secondary N) is 1. The Kier molecular flexibility index (Phi) is 5.26. The number of hydrogen-bond donors (Lipinski definition) is 1. The van der Waals surface area contributed by atoms with Crippen molar-refractivity contribution < 1.29 is 9.15 Å². The third kappa shape index (κ3) is 3.44. The molecule has 1 N–H and O–H groups in total. The number of ether oxygens (including phenoxy) is 1. The van der Waals surface area contributed by atoms with Gasteiger partial charge in [0.15, 0.2) is 0 Å². The van der Waals surface area contributed by atoms with Crippen molar-refractivity contribution in [3.63, 3.8) is 0 Å². The zero-order chi connectivity index (χ0) is 14.5. The van der Waals surface area contributed by atoms with Gasteiger partial charge in [-0.1, -0.05) is 13.0 Å². The lowest BCUT2D eigenvalue weighted by Gasteiger charge is -2.18. The van der Waals surface area contributed by atoms with Gasteiger partial charge in [0.05, 0.1) is 17.8 Å². The number of likely N-dealkylation sites (N-methyl/N-ethyl adjacent to an activating group) is 1. The van der Waals surface area contributed by atoms with Crippen molar-refractivity contribution in [2.24, 2.45) is 0 Å². The normalized spacial score (nSPS) is 12.4. The molecule has 0 amide bonds. The summed E-state index contributed by atoms with van der Waals surface area (Å²) in [5.41, 5.74) is 2.48. The first-order valence-corrected chi connectivity index (χ1v) is 7.54. The fraction of sp³-hybridized carbons (Fsp3) is 0.375. The van der Waals surface area contributed by atoms with E-state index in [2.05, 4.69) is 40.3 Å². The molecular weight excluding hydrogens is 318 g/mol. The Balaban J connectivity index is 2.20. The van der Waals surface area contributed by atoms with E-state index in [0.717, 1.165) is 28.9 Å². The molecule has 1 heterocycles. The predicted molar refractivity (Wildman–Crippen MR) is 84.3 cm³/mol. The maximum atomic E-state index is 5.42. The molecule has 0 aliphatic carbocycles. The van der Waals surface area contributed by atoms with Crippen molar-refractivity contribution >= 4 is 15.9 Å². The summed E-state index contributed by atoms with van der Waals surface area (Å²) in [6, 6.07) is 8.51. The van der Waals surface area contributed by atoms with Crippen LogP contribution in [0.5, 0.6) is 5.75 Å².